The maximum absolute atomic E-state index is 13.2. The molecule has 0 aliphatic heterocycles. The Bertz CT molecular complexity index is 859. The molecule has 2 atom stereocenters. The number of hydrogen-bond acceptors (Lipinski definition) is 6. The highest BCUT2D eigenvalue weighted by Gasteiger charge is 2.51. The molecule has 2 aromatic rings. The number of halogens is 3. The number of rotatable bonds is 6. The molecule has 2 aromatic heterocycles. The van der Waals surface area contributed by atoms with Crippen molar-refractivity contribution in [2.45, 2.75) is 56.9 Å². The van der Waals surface area contributed by atoms with Crippen molar-refractivity contribution in [3.63, 3.8) is 0 Å². The third-order valence-electron chi connectivity index (χ3n) is 5.26. The Balaban J connectivity index is 1.57. The van der Waals surface area contributed by atoms with Crippen LogP contribution < -0.4 is 16.0 Å². The Kier molecular flexibility index (Phi) is 4.06. The molecule has 2 saturated carbocycles. The highest BCUT2D eigenvalue weighted by molar-refractivity contribution is 5.58. The van der Waals surface area contributed by atoms with Gasteiger partial charge in [-0.15, -0.1) is 0 Å². The zero-order chi connectivity index (χ0) is 19.4. The van der Waals surface area contributed by atoms with Gasteiger partial charge in [0, 0.05) is 24.0 Å². The van der Waals surface area contributed by atoms with E-state index in [1.54, 1.807) is 0 Å². The van der Waals surface area contributed by atoms with Gasteiger partial charge in [-0.3, -0.25) is 4.68 Å². The van der Waals surface area contributed by atoms with Crippen LogP contribution in [0.2, 0.25) is 0 Å². The van der Waals surface area contributed by atoms with Gasteiger partial charge in [-0.05, 0) is 40.2 Å². The van der Waals surface area contributed by atoms with E-state index < -0.39 is 11.7 Å². The topological polar surface area (TPSA) is 79.7 Å². The Morgan fingerprint density at radius 3 is 2.63 bits per heavy atom. The molecule has 0 bridgehead atoms. The summed E-state index contributed by atoms with van der Waals surface area (Å²) in [7, 11) is 1.92. The summed E-state index contributed by atoms with van der Waals surface area (Å²) >= 11 is 0. The van der Waals surface area contributed by atoms with Crippen LogP contribution in [0.15, 0.2) is 12.4 Å². The number of aryl methyl sites for hydroxylation is 1. The van der Waals surface area contributed by atoms with E-state index in [-0.39, 0.29) is 29.4 Å². The molecule has 2 heterocycles. The minimum absolute atomic E-state index is 0.0158. The number of nitrogens with zero attached hydrogens (tertiary/aromatic N) is 4. The maximum atomic E-state index is 13.2. The van der Waals surface area contributed by atoms with Crippen molar-refractivity contribution in [1.82, 2.24) is 25.1 Å². The fraction of sp³-hybridized carbons (Fsp3) is 0.588. The highest BCUT2D eigenvalue weighted by Crippen LogP contribution is 2.47. The number of alkyl halides is 3. The number of nitrogens with one attached hydrogen (secondary N) is 3. The first-order valence-electron chi connectivity index (χ1n) is 8.92. The number of anilines is 3. The molecule has 7 nitrogen and oxygen atoms in total. The molecule has 0 amide bonds. The fourth-order valence-electron chi connectivity index (χ4n) is 3.06. The molecule has 3 N–H and O–H groups in total. The smallest absolute Gasteiger partial charge is 0.367 e. The number of likely N-dealkylation sites (N-methyl/N-ethyl adjacent to an activating group) is 1. The van der Waals surface area contributed by atoms with Gasteiger partial charge in [0.15, 0.2) is 0 Å². The minimum Gasteiger partial charge on any atom is -0.367 e. The summed E-state index contributed by atoms with van der Waals surface area (Å²) in [5, 5.41) is 13.6. The SMILES string of the molecule is CN[C@@]1(C)C[C@H]1n1cc(Nc2ncc(C(F)(F)F)c(NC3CC3)n2)c(C)n1. The van der Waals surface area contributed by atoms with Crippen molar-refractivity contribution in [2.75, 3.05) is 17.7 Å². The summed E-state index contributed by atoms with van der Waals surface area (Å²) in [6, 6.07) is 0.296. The quantitative estimate of drug-likeness (QED) is 0.713. The van der Waals surface area contributed by atoms with Crippen LogP contribution >= 0.6 is 0 Å². The second kappa shape index (κ2) is 6.08. The lowest BCUT2D eigenvalue weighted by Gasteiger charge is -2.14. The van der Waals surface area contributed by atoms with Gasteiger partial charge in [-0.25, -0.2) is 4.98 Å². The van der Waals surface area contributed by atoms with E-state index in [0.717, 1.165) is 31.2 Å². The minimum atomic E-state index is -4.50. The Hall–Kier alpha value is -2.36. The van der Waals surface area contributed by atoms with E-state index in [9.17, 15) is 13.2 Å². The molecule has 0 unspecified atom stereocenters. The first-order chi connectivity index (χ1) is 12.7. The van der Waals surface area contributed by atoms with Gasteiger partial charge in [-0.2, -0.15) is 23.3 Å². The van der Waals surface area contributed by atoms with Gasteiger partial charge >= 0.3 is 6.18 Å². The second-order valence-corrected chi connectivity index (χ2v) is 7.49. The van der Waals surface area contributed by atoms with Crippen LogP contribution in [0.25, 0.3) is 0 Å². The summed E-state index contributed by atoms with van der Waals surface area (Å²) in [5.74, 6) is -0.0709. The standard InChI is InChI=1S/C17H22F3N7/c1-9-12(8-27(26-9)13-6-16(13,2)21-3)24-15-22-7-11(17(18,19)20)14(25-15)23-10-4-5-10/h7-8,10,13,21H,4-6H2,1-3H3,(H2,22,23,24,25)/t13-,16+/m1/s1. The third-order valence-corrected chi connectivity index (χ3v) is 5.26. The molecular weight excluding hydrogens is 359 g/mol. The Morgan fingerprint density at radius 2 is 2.04 bits per heavy atom. The summed E-state index contributed by atoms with van der Waals surface area (Å²) in [5.41, 5.74) is 0.579. The summed E-state index contributed by atoms with van der Waals surface area (Å²) in [6.45, 7) is 3.96. The highest BCUT2D eigenvalue weighted by atomic mass is 19.4. The average molecular weight is 381 g/mol. The molecule has 10 heteroatoms. The predicted octanol–water partition coefficient (Wildman–Crippen LogP) is 3.24. The summed E-state index contributed by atoms with van der Waals surface area (Å²) < 4.78 is 41.4. The monoisotopic (exact) mass is 381 g/mol. The zero-order valence-corrected chi connectivity index (χ0v) is 15.4. The van der Waals surface area contributed by atoms with E-state index in [0.29, 0.717) is 5.69 Å². The van der Waals surface area contributed by atoms with Crippen LogP contribution in [0, 0.1) is 6.92 Å². The van der Waals surface area contributed by atoms with E-state index in [1.165, 1.54) is 0 Å². The van der Waals surface area contributed by atoms with Crippen LogP contribution in [-0.2, 0) is 6.18 Å². The second-order valence-electron chi connectivity index (χ2n) is 7.49. The molecular formula is C17H22F3N7. The molecule has 0 radical (unpaired) electrons. The Morgan fingerprint density at radius 1 is 1.30 bits per heavy atom. The van der Waals surface area contributed by atoms with Crippen LogP contribution in [-0.4, -0.2) is 38.4 Å². The molecule has 0 saturated heterocycles. The summed E-state index contributed by atoms with van der Waals surface area (Å²) in [6.07, 6.45) is 0.829. The van der Waals surface area contributed by atoms with Crippen LogP contribution in [0.1, 0.15) is 43.5 Å². The Labute approximate surface area is 154 Å². The van der Waals surface area contributed by atoms with Gasteiger partial charge in [-0.1, -0.05) is 0 Å². The number of aromatic nitrogens is 4. The normalized spacial score (nSPS) is 24.7. The maximum Gasteiger partial charge on any atom is 0.421 e. The lowest BCUT2D eigenvalue weighted by atomic mass is 10.3. The largest absolute Gasteiger partial charge is 0.421 e. The van der Waals surface area contributed by atoms with Crippen molar-refractivity contribution in [1.29, 1.82) is 0 Å². The van der Waals surface area contributed by atoms with Gasteiger partial charge in [0.25, 0.3) is 0 Å². The summed E-state index contributed by atoms with van der Waals surface area (Å²) in [4.78, 5) is 7.92. The fourth-order valence-corrected chi connectivity index (χ4v) is 3.06. The predicted molar refractivity (Wildman–Crippen MR) is 95.0 cm³/mol. The van der Waals surface area contributed by atoms with E-state index in [1.807, 2.05) is 24.9 Å². The molecule has 2 aliphatic rings. The van der Waals surface area contributed by atoms with Crippen LogP contribution in [0.4, 0.5) is 30.6 Å². The third kappa shape index (κ3) is 3.58. The lowest BCUT2D eigenvalue weighted by Crippen LogP contribution is -2.26. The first-order valence-corrected chi connectivity index (χ1v) is 8.92. The molecule has 27 heavy (non-hydrogen) atoms. The first kappa shape index (κ1) is 18.0. The van der Waals surface area contributed by atoms with Crippen molar-refractivity contribution in [3.05, 3.63) is 23.7 Å². The van der Waals surface area contributed by atoms with E-state index in [2.05, 4.69) is 37.9 Å². The molecule has 2 fully saturated rings. The lowest BCUT2D eigenvalue weighted by molar-refractivity contribution is -0.137. The van der Waals surface area contributed by atoms with Crippen LogP contribution in [0.3, 0.4) is 0 Å². The molecule has 0 aromatic carbocycles. The van der Waals surface area contributed by atoms with E-state index >= 15 is 0 Å². The molecule has 0 spiro atoms. The van der Waals surface area contributed by atoms with Gasteiger partial charge in [0.1, 0.15) is 11.4 Å². The van der Waals surface area contributed by atoms with E-state index in [4.69, 9.17) is 0 Å². The van der Waals surface area contributed by atoms with Gasteiger partial charge in [0.2, 0.25) is 5.95 Å². The molecule has 146 valence electrons. The van der Waals surface area contributed by atoms with Crippen LogP contribution in [0.5, 0.6) is 0 Å². The molecule has 4 rings (SSSR count). The molecule has 2 aliphatic carbocycles. The van der Waals surface area contributed by atoms with Crippen molar-refractivity contribution < 1.29 is 13.2 Å². The average Bonchev–Trinajstić information content (AvgIpc) is 3.49. The van der Waals surface area contributed by atoms with Crippen molar-refractivity contribution in [2.24, 2.45) is 0 Å². The van der Waals surface area contributed by atoms with Crippen molar-refractivity contribution >= 4 is 17.5 Å². The number of hydrogen-bond donors (Lipinski definition) is 3. The zero-order valence-electron chi connectivity index (χ0n) is 15.4. The van der Waals surface area contributed by atoms with Gasteiger partial charge in [0.05, 0.1) is 17.4 Å². The van der Waals surface area contributed by atoms with Gasteiger partial charge < -0.3 is 16.0 Å². The van der Waals surface area contributed by atoms with Crippen molar-refractivity contribution in [3.8, 4) is 0 Å².